The highest BCUT2D eigenvalue weighted by Gasteiger charge is 2.23. The molecule has 0 spiro atoms. The highest BCUT2D eigenvalue weighted by Crippen LogP contribution is 2.37. The molecule has 2 aromatic rings. The molecule has 1 aliphatic carbocycles. The number of aryl methyl sites for hydroxylation is 1. The molecule has 136 valence electrons. The number of fused-ring (bicyclic) bond motifs is 2. The fourth-order valence-corrected chi connectivity index (χ4v) is 4.23. The highest BCUT2D eigenvalue weighted by molar-refractivity contribution is 5.95. The summed E-state index contributed by atoms with van der Waals surface area (Å²) in [6, 6.07) is 6.59. The van der Waals surface area contributed by atoms with Crippen molar-refractivity contribution in [3.05, 3.63) is 29.0 Å². The van der Waals surface area contributed by atoms with Crippen LogP contribution in [0.3, 0.4) is 0 Å². The average Bonchev–Trinajstić information content (AvgIpc) is 2.68. The monoisotopic (exact) mass is 350 g/mol. The lowest BCUT2D eigenvalue weighted by atomic mass is 9.91. The van der Waals surface area contributed by atoms with Gasteiger partial charge in [-0.3, -0.25) is 4.98 Å². The average molecular weight is 350 g/mol. The van der Waals surface area contributed by atoms with Crippen molar-refractivity contribution in [1.82, 2.24) is 9.88 Å². The molecule has 1 N–H and O–H groups in total. The van der Waals surface area contributed by atoms with E-state index in [1.807, 2.05) is 12.1 Å². The van der Waals surface area contributed by atoms with Gasteiger partial charge in [-0.05, 0) is 76.4 Å². The number of nitrogens with one attached hydrogen (secondary N) is 1. The second-order valence-corrected chi connectivity index (χ2v) is 7.52. The van der Waals surface area contributed by atoms with E-state index >= 15 is 0 Å². The summed E-state index contributed by atoms with van der Waals surface area (Å²) in [4.78, 5) is 7.30. The van der Waals surface area contributed by atoms with Crippen molar-refractivity contribution in [2.45, 2.75) is 44.6 Å². The zero-order valence-corrected chi connectivity index (χ0v) is 15.6. The van der Waals surface area contributed by atoms with E-state index in [9.17, 15) is 5.26 Å². The van der Waals surface area contributed by atoms with Crippen LogP contribution in [0.5, 0.6) is 5.75 Å². The molecule has 26 heavy (non-hydrogen) atoms. The quantitative estimate of drug-likeness (QED) is 0.918. The third-order valence-electron chi connectivity index (χ3n) is 5.77. The van der Waals surface area contributed by atoms with Gasteiger partial charge in [0.2, 0.25) is 0 Å². The Balaban J connectivity index is 1.83. The van der Waals surface area contributed by atoms with E-state index < -0.39 is 0 Å². The van der Waals surface area contributed by atoms with Crippen molar-refractivity contribution in [3.63, 3.8) is 0 Å². The second-order valence-electron chi connectivity index (χ2n) is 7.52. The number of nitrogens with zero attached hydrogens (tertiary/aromatic N) is 3. The van der Waals surface area contributed by atoms with Gasteiger partial charge >= 0.3 is 0 Å². The molecule has 2 heterocycles. The van der Waals surface area contributed by atoms with Gasteiger partial charge in [-0.2, -0.15) is 5.26 Å². The van der Waals surface area contributed by atoms with Gasteiger partial charge in [-0.1, -0.05) is 0 Å². The highest BCUT2D eigenvalue weighted by atomic mass is 16.5. The zero-order chi connectivity index (χ0) is 18.1. The van der Waals surface area contributed by atoms with Crippen LogP contribution in [0.15, 0.2) is 12.1 Å². The molecule has 0 atom stereocenters. The molecule has 0 saturated carbocycles. The molecule has 1 aromatic carbocycles. The number of benzene rings is 1. The molecular weight excluding hydrogens is 324 g/mol. The minimum absolute atomic E-state index is 0.490. The molecule has 5 heteroatoms. The second kappa shape index (κ2) is 7.13. The number of piperidine rings is 1. The van der Waals surface area contributed by atoms with Gasteiger partial charge in [0.1, 0.15) is 11.8 Å². The molecule has 1 fully saturated rings. The molecule has 2 aliphatic rings. The standard InChI is InChI=1S/C21H26N4O/c1-25-9-7-15(8-10-25)23-21-16-5-3-4-6-18(16)24-19-11-14(13-22)20(26-2)12-17(19)21/h11-12,15H,3-10H2,1-2H3,(H,23,24). The van der Waals surface area contributed by atoms with Crippen molar-refractivity contribution >= 4 is 16.6 Å². The number of hydrogen-bond acceptors (Lipinski definition) is 5. The van der Waals surface area contributed by atoms with Gasteiger partial charge in [0, 0.05) is 22.8 Å². The molecule has 0 radical (unpaired) electrons. The van der Waals surface area contributed by atoms with Crippen LogP contribution in [0.2, 0.25) is 0 Å². The van der Waals surface area contributed by atoms with Crippen LogP contribution in [0.4, 0.5) is 5.69 Å². The lowest BCUT2D eigenvalue weighted by Gasteiger charge is -2.32. The number of nitriles is 1. The van der Waals surface area contributed by atoms with E-state index in [1.54, 1.807) is 7.11 Å². The number of hydrogen-bond donors (Lipinski definition) is 1. The SMILES string of the molecule is COc1cc2c(NC3CCN(C)CC3)c3c(nc2cc1C#N)CCCC3. The van der Waals surface area contributed by atoms with Crippen LogP contribution < -0.4 is 10.1 Å². The number of rotatable bonds is 3. The topological polar surface area (TPSA) is 61.2 Å². The zero-order valence-electron chi connectivity index (χ0n) is 15.6. The van der Waals surface area contributed by atoms with E-state index in [1.165, 1.54) is 29.8 Å². The number of likely N-dealkylation sites (tertiary alicyclic amines) is 1. The predicted octanol–water partition coefficient (Wildman–Crippen LogP) is 3.50. The Morgan fingerprint density at radius 3 is 2.73 bits per heavy atom. The van der Waals surface area contributed by atoms with Crippen LogP contribution in [0, 0.1) is 11.3 Å². The summed E-state index contributed by atoms with van der Waals surface area (Å²) in [6.45, 7) is 2.26. The molecule has 0 bridgehead atoms. The third kappa shape index (κ3) is 3.10. The normalized spacial score (nSPS) is 18.3. The van der Waals surface area contributed by atoms with Crippen molar-refractivity contribution in [2.75, 3.05) is 32.6 Å². The van der Waals surface area contributed by atoms with Gasteiger partial charge in [0.25, 0.3) is 0 Å². The fourth-order valence-electron chi connectivity index (χ4n) is 4.23. The summed E-state index contributed by atoms with van der Waals surface area (Å²) < 4.78 is 5.46. The van der Waals surface area contributed by atoms with E-state index in [4.69, 9.17) is 9.72 Å². The maximum Gasteiger partial charge on any atom is 0.137 e. The molecule has 0 amide bonds. The van der Waals surface area contributed by atoms with Gasteiger partial charge in [-0.25, -0.2) is 0 Å². The Hall–Kier alpha value is -2.32. The minimum atomic E-state index is 0.490. The van der Waals surface area contributed by atoms with Crippen LogP contribution in [-0.4, -0.2) is 43.2 Å². The van der Waals surface area contributed by atoms with E-state index in [0.29, 0.717) is 17.4 Å². The van der Waals surface area contributed by atoms with Crippen molar-refractivity contribution < 1.29 is 4.74 Å². The van der Waals surface area contributed by atoms with Crippen LogP contribution >= 0.6 is 0 Å². The lowest BCUT2D eigenvalue weighted by molar-refractivity contribution is 0.264. The summed E-state index contributed by atoms with van der Waals surface area (Å²) in [5.74, 6) is 0.629. The predicted molar refractivity (Wildman–Crippen MR) is 104 cm³/mol. The van der Waals surface area contributed by atoms with Crippen molar-refractivity contribution in [2.24, 2.45) is 0 Å². The minimum Gasteiger partial charge on any atom is -0.495 e. The summed E-state index contributed by atoms with van der Waals surface area (Å²) in [7, 11) is 3.81. The number of ether oxygens (including phenoxy) is 1. The first kappa shape index (κ1) is 17.1. The van der Waals surface area contributed by atoms with Gasteiger partial charge < -0.3 is 15.0 Å². The fraction of sp³-hybridized carbons (Fsp3) is 0.524. The Morgan fingerprint density at radius 2 is 2.00 bits per heavy atom. The maximum absolute atomic E-state index is 9.42. The lowest BCUT2D eigenvalue weighted by Crippen LogP contribution is -2.37. The molecule has 5 nitrogen and oxygen atoms in total. The Kier molecular flexibility index (Phi) is 4.69. The van der Waals surface area contributed by atoms with E-state index in [0.717, 1.165) is 49.7 Å². The first-order valence-corrected chi connectivity index (χ1v) is 9.58. The molecule has 1 aliphatic heterocycles. The van der Waals surface area contributed by atoms with Crippen LogP contribution in [0.25, 0.3) is 10.9 Å². The number of aromatic nitrogens is 1. The molecule has 4 rings (SSSR count). The summed E-state index contributed by atoms with van der Waals surface area (Å²) in [6.07, 6.45) is 6.83. The van der Waals surface area contributed by atoms with E-state index in [2.05, 4.69) is 23.3 Å². The van der Waals surface area contributed by atoms with Gasteiger partial charge in [0.05, 0.1) is 18.2 Å². The van der Waals surface area contributed by atoms with Crippen LogP contribution in [-0.2, 0) is 12.8 Å². The number of pyridine rings is 1. The van der Waals surface area contributed by atoms with Crippen LogP contribution in [0.1, 0.15) is 42.5 Å². The number of anilines is 1. The Morgan fingerprint density at radius 1 is 1.23 bits per heavy atom. The largest absolute Gasteiger partial charge is 0.495 e. The maximum atomic E-state index is 9.42. The van der Waals surface area contributed by atoms with E-state index in [-0.39, 0.29) is 0 Å². The third-order valence-corrected chi connectivity index (χ3v) is 5.77. The van der Waals surface area contributed by atoms with Gasteiger partial charge in [-0.15, -0.1) is 0 Å². The summed E-state index contributed by atoms with van der Waals surface area (Å²) in [5, 5.41) is 14.4. The Bertz CT molecular complexity index is 863. The molecule has 1 saturated heterocycles. The van der Waals surface area contributed by atoms with Crippen molar-refractivity contribution in [1.29, 1.82) is 5.26 Å². The smallest absolute Gasteiger partial charge is 0.137 e. The summed E-state index contributed by atoms with van der Waals surface area (Å²) >= 11 is 0. The molecule has 0 unspecified atom stereocenters. The van der Waals surface area contributed by atoms with Gasteiger partial charge in [0.15, 0.2) is 0 Å². The first-order chi connectivity index (χ1) is 12.7. The number of methoxy groups -OCH3 is 1. The summed E-state index contributed by atoms with van der Waals surface area (Å²) in [5.41, 5.74) is 5.25. The molecular formula is C21H26N4O. The molecule has 1 aromatic heterocycles. The van der Waals surface area contributed by atoms with Crippen molar-refractivity contribution in [3.8, 4) is 11.8 Å². The first-order valence-electron chi connectivity index (χ1n) is 9.58. The Labute approximate surface area is 155 Å².